The number of anilines is 1. The molecule has 0 radical (unpaired) electrons. The average Bonchev–Trinajstić information content (AvgIpc) is 2.52. The van der Waals surface area contributed by atoms with E-state index in [1.54, 1.807) is 4.90 Å². The Morgan fingerprint density at radius 1 is 1.12 bits per heavy atom. The lowest BCUT2D eigenvalue weighted by Crippen LogP contribution is -2.38. The molecule has 0 fully saturated rings. The van der Waals surface area contributed by atoms with Crippen LogP contribution in [0.25, 0.3) is 0 Å². The van der Waals surface area contributed by atoms with Crippen molar-refractivity contribution in [1.82, 2.24) is 5.32 Å². The fourth-order valence-electron chi connectivity index (χ4n) is 2.40. The van der Waals surface area contributed by atoms with Gasteiger partial charge in [-0.15, -0.1) is 0 Å². The molecule has 0 heterocycles. The van der Waals surface area contributed by atoms with Crippen LogP contribution in [0.5, 0.6) is 0 Å². The summed E-state index contributed by atoms with van der Waals surface area (Å²) in [6, 6.07) is 15.4. The molecular weight excluding hydrogens is 368 g/mol. The molecule has 0 saturated carbocycles. The van der Waals surface area contributed by atoms with E-state index in [4.69, 9.17) is 0 Å². The van der Waals surface area contributed by atoms with Crippen LogP contribution in [0.4, 0.5) is 5.69 Å². The van der Waals surface area contributed by atoms with Gasteiger partial charge in [0.2, 0.25) is 11.8 Å². The van der Waals surface area contributed by atoms with E-state index in [0.717, 1.165) is 21.3 Å². The summed E-state index contributed by atoms with van der Waals surface area (Å²) in [5, 5.41) is 2.87. The van der Waals surface area contributed by atoms with Crippen LogP contribution < -0.4 is 10.2 Å². The lowest BCUT2D eigenvalue weighted by molar-refractivity contribution is -0.121. The Balaban J connectivity index is 1.87. The van der Waals surface area contributed by atoms with Crippen molar-refractivity contribution in [2.75, 3.05) is 18.0 Å². The zero-order valence-corrected chi connectivity index (χ0v) is 15.5. The van der Waals surface area contributed by atoms with Gasteiger partial charge in [0.15, 0.2) is 0 Å². The van der Waals surface area contributed by atoms with Crippen molar-refractivity contribution in [2.45, 2.75) is 20.3 Å². The Labute approximate surface area is 151 Å². The maximum Gasteiger partial charge on any atom is 0.224 e. The molecule has 0 spiro atoms. The Kier molecular flexibility index (Phi) is 6.55. The second-order valence-electron chi connectivity index (χ2n) is 5.66. The van der Waals surface area contributed by atoms with E-state index >= 15 is 0 Å². The van der Waals surface area contributed by atoms with Gasteiger partial charge in [0, 0.05) is 30.2 Å². The van der Waals surface area contributed by atoms with Crippen molar-refractivity contribution in [3.05, 3.63) is 64.1 Å². The fourth-order valence-corrected chi connectivity index (χ4v) is 2.84. The van der Waals surface area contributed by atoms with Crippen LogP contribution in [-0.2, 0) is 16.0 Å². The number of benzene rings is 2. The fraction of sp³-hybridized carbons (Fsp3) is 0.263. The molecule has 2 aromatic rings. The number of hydrogen-bond donors (Lipinski definition) is 1. The van der Waals surface area contributed by atoms with Crippen LogP contribution in [0.2, 0.25) is 0 Å². The Hall–Kier alpha value is -2.14. The van der Waals surface area contributed by atoms with Crippen LogP contribution in [0.3, 0.4) is 0 Å². The highest BCUT2D eigenvalue weighted by atomic mass is 79.9. The first-order valence-corrected chi connectivity index (χ1v) is 8.61. The number of rotatable bonds is 6. The minimum Gasteiger partial charge on any atom is -0.354 e. The number of halogens is 1. The number of nitrogens with one attached hydrogen (secondary N) is 1. The van der Waals surface area contributed by atoms with E-state index in [2.05, 4.69) is 21.2 Å². The molecule has 4 nitrogen and oxygen atoms in total. The molecule has 24 heavy (non-hydrogen) atoms. The highest BCUT2D eigenvalue weighted by molar-refractivity contribution is 9.10. The number of hydrogen-bond acceptors (Lipinski definition) is 2. The Morgan fingerprint density at radius 3 is 2.46 bits per heavy atom. The lowest BCUT2D eigenvalue weighted by Gasteiger charge is -2.21. The molecule has 2 rings (SSSR count). The summed E-state index contributed by atoms with van der Waals surface area (Å²) in [5.74, 6) is -0.0967. The van der Waals surface area contributed by atoms with Gasteiger partial charge in [0.25, 0.3) is 0 Å². The topological polar surface area (TPSA) is 49.4 Å². The predicted octanol–water partition coefficient (Wildman–Crippen LogP) is 3.47. The first-order valence-electron chi connectivity index (χ1n) is 7.81. The maximum atomic E-state index is 12.0. The number of nitrogens with zero attached hydrogens (tertiary/aromatic N) is 1. The summed E-state index contributed by atoms with van der Waals surface area (Å²) in [5.41, 5.74) is 2.93. The van der Waals surface area contributed by atoms with Gasteiger partial charge in [0.1, 0.15) is 0 Å². The number of amides is 2. The minimum atomic E-state index is -0.0551. The number of carbonyl (C=O) groups is 2. The Bertz CT molecular complexity index is 714. The van der Waals surface area contributed by atoms with Crippen LogP contribution in [-0.4, -0.2) is 24.9 Å². The van der Waals surface area contributed by atoms with E-state index in [1.165, 1.54) is 6.92 Å². The van der Waals surface area contributed by atoms with E-state index in [1.807, 2.05) is 55.5 Å². The molecule has 126 valence electrons. The molecule has 0 aliphatic rings. The van der Waals surface area contributed by atoms with Crippen molar-refractivity contribution in [2.24, 2.45) is 0 Å². The highest BCUT2D eigenvalue weighted by Crippen LogP contribution is 2.15. The maximum absolute atomic E-state index is 12.0. The normalized spacial score (nSPS) is 10.3. The molecule has 1 N–H and O–H groups in total. The van der Waals surface area contributed by atoms with Gasteiger partial charge in [-0.1, -0.05) is 45.8 Å². The smallest absolute Gasteiger partial charge is 0.224 e. The molecule has 0 aliphatic heterocycles. The van der Waals surface area contributed by atoms with Gasteiger partial charge < -0.3 is 10.2 Å². The second kappa shape index (κ2) is 8.64. The van der Waals surface area contributed by atoms with Crippen molar-refractivity contribution in [3.63, 3.8) is 0 Å². The summed E-state index contributed by atoms with van der Waals surface area (Å²) in [6.45, 7) is 4.40. The zero-order chi connectivity index (χ0) is 17.5. The third-order valence-corrected chi connectivity index (χ3v) is 4.13. The van der Waals surface area contributed by atoms with Gasteiger partial charge in [-0.25, -0.2) is 0 Å². The third-order valence-electron chi connectivity index (χ3n) is 3.64. The molecule has 0 aromatic heterocycles. The van der Waals surface area contributed by atoms with E-state index in [9.17, 15) is 9.59 Å². The van der Waals surface area contributed by atoms with Crippen molar-refractivity contribution in [3.8, 4) is 0 Å². The van der Waals surface area contributed by atoms with Gasteiger partial charge in [-0.2, -0.15) is 0 Å². The van der Waals surface area contributed by atoms with Gasteiger partial charge in [-0.3, -0.25) is 9.59 Å². The van der Waals surface area contributed by atoms with Crippen molar-refractivity contribution in [1.29, 1.82) is 0 Å². The molecule has 0 atom stereocenters. The summed E-state index contributed by atoms with van der Waals surface area (Å²) in [7, 11) is 0. The monoisotopic (exact) mass is 388 g/mol. The molecule has 0 saturated heterocycles. The van der Waals surface area contributed by atoms with Crippen LogP contribution >= 0.6 is 15.9 Å². The van der Waals surface area contributed by atoms with Gasteiger partial charge in [0.05, 0.1) is 6.42 Å². The first kappa shape index (κ1) is 18.2. The summed E-state index contributed by atoms with van der Waals surface area (Å²) < 4.78 is 0.954. The summed E-state index contributed by atoms with van der Waals surface area (Å²) >= 11 is 3.39. The quantitative estimate of drug-likeness (QED) is 0.823. The first-order chi connectivity index (χ1) is 11.5. The number of aryl methyl sites for hydroxylation is 1. The molecule has 0 aliphatic carbocycles. The largest absolute Gasteiger partial charge is 0.354 e. The SMILES string of the molecule is CC(=O)N(CCNC(=O)Cc1cccc(Br)c1)c1ccc(C)cc1. The van der Waals surface area contributed by atoms with E-state index in [0.29, 0.717) is 19.5 Å². The summed E-state index contributed by atoms with van der Waals surface area (Å²) in [4.78, 5) is 25.5. The lowest BCUT2D eigenvalue weighted by atomic mass is 10.1. The van der Waals surface area contributed by atoms with Gasteiger partial charge in [-0.05, 0) is 36.8 Å². The summed E-state index contributed by atoms with van der Waals surface area (Å²) in [6.07, 6.45) is 0.323. The van der Waals surface area contributed by atoms with Crippen LogP contribution in [0.15, 0.2) is 53.0 Å². The Morgan fingerprint density at radius 2 is 1.83 bits per heavy atom. The molecule has 5 heteroatoms. The van der Waals surface area contributed by atoms with Crippen molar-refractivity contribution >= 4 is 33.4 Å². The molecule has 0 unspecified atom stereocenters. The molecule has 2 amide bonds. The predicted molar refractivity (Wildman–Crippen MR) is 100 cm³/mol. The van der Waals surface area contributed by atoms with Crippen LogP contribution in [0.1, 0.15) is 18.1 Å². The van der Waals surface area contributed by atoms with Crippen molar-refractivity contribution < 1.29 is 9.59 Å². The third kappa shape index (κ3) is 5.49. The second-order valence-corrected chi connectivity index (χ2v) is 6.58. The highest BCUT2D eigenvalue weighted by Gasteiger charge is 2.11. The average molecular weight is 389 g/mol. The molecule has 2 aromatic carbocycles. The minimum absolute atomic E-state index is 0.0416. The number of carbonyl (C=O) groups excluding carboxylic acids is 2. The standard InChI is InChI=1S/C19H21BrN2O2/c1-14-6-8-18(9-7-14)22(15(2)23)11-10-21-19(24)13-16-4-3-5-17(20)12-16/h3-9,12H,10-11,13H2,1-2H3,(H,21,24). The van der Waals surface area contributed by atoms with E-state index in [-0.39, 0.29) is 11.8 Å². The van der Waals surface area contributed by atoms with Gasteiger partial charge >= 0.3 is 0 Å². The molecule has 0 bridgehead atoms. The molecular formula is C19H21BrN2O2. The van der Waals surface area contributed by atoms with Crippen LogP contribution in [0, 0.1) is 6.92 Å². The van der Waals surface area contributed by atoms with E-state index < -0.39 is 0 Å². The zero-order valence-electron chi connectivity index (χ0n) is 13.9.